The van der Waals surface area contributed by atoms with Gasteiger partial charge in [-0.25, -0.2) is 9.36 Å². The van der Waals surface area contributed by atoms with Gasteiger partial charge in [-0.3, -0.25) is 0 Å². The minimum atomic E-state index is -0.316. The SMILES string of the molecule is CC[C@H]1C[C@H](C2OCCO2)CCc2c(c3ccccc3n2C(=O)OC)CCN1C. The Morgan fingerprint density at radius 1 is 1.21 bits per heavy atom. The molecule has 29 heavy (non-hydrogen) atoms. The van der Waals surface area contributed by atoms with Crippen molar-refractivity contribution in [3.8, 4) is 0 Å². The monoisotopic (exact) mass is 400 g/mol. The molecule has 4 rings (SSSR count). The molecule has 0 saturated carbocycles. The number of rotatable bonds is 2. The van der Waals surface area contributed by atoms with Crippen LogP contribution in [0.1, 0.15) is 37.4 Å². The van der Waals surface area contributed by atoms with E-state index in [0.29, 0.717) is 25.2 Å². The lowest BCUT2D eigenvalue weighted by Gasteiger charge is -2.33. The maximum Gasteiger partial charge on any atom is 0.418 e. The first-order valence-corrected chi connectivity index (χ1v) is 10.8. The molecule has 6 heteroatoms. The topological polar surface area (TPSA) is 52.9 Å². The van der Waals surface area contributed by atoms with E-state index in [1.807, 2.05) is 18.2 Å². The average molecular weight is 401 g/mol. The fraction of sp³-hybridized carbons (Fsp3) is 0.609. The highest BCUT2D eigenvalue weighted by Gasteiger charge is 2.32. The van der Waals surface area contributed by atoms with Gasteiger partial charge in [0.25, 0.3) is 0 Å². The van der Waals surface area contributed by atoms with Crippen LogP contribution in [0.2, 0.25) is 0 Å². The van der Waals surface area contributed by atoms with Crippen molar-refractivity contribution in [1.29, 1.82) is 0 Å². The highest BCUT2D eigenvalue weighted by atomic mass is 16.7. The summed E-state index contributed by atoms with van der Waals surface area (Å²) in [4.78, 5) is 15.2. The lowest BCUT2D eigenvalue weighted by molar-refractivity contribution is -0.0926. The molecule has 1 saturated heterocycles. The summed E-state index contributed by atoms with van der Waals surface area (Å²) < 4.78 is 18.7. The fourth-order valence-corrected chi connectivity index (χ4v) is 5.02. The third-order valence-corrected chi connectivity index (χ3v) is 6.61. The molecule has 1 aromatic heterocycles. The molecule has 0 radical (unpaired) electrons. The molecule has 1 fully saturated rings. The summed E-state index contributed by atoms with van der Waals surface area (Å²) in [5.74, 6) is 0.306. The fourth-order valence-electron chi connectivity index (χ4n) is 5.02. The highest BCUT2D eigenvalue weighted by Crippen LogP contribution is 2.33. The summed E-state index contributed by atoms with van der Waals surface area (Å²) in [7, 11) is 3.66. The number of ether oxygens (including phenoxy) is 3. The van der Waals surface area contributed by atoms with Gasteiger partial charge >= 0.3 is 6.09 Å². The number of aromatic nitrogens is 1. The molecule has 2 aromatic rings. The summed E-state index contributed by atoms with van der Waals surface area (Å²) in [6.07, 6.45) is 4.36. The smallest absolute Gasteiger partial charge is 0.418 e. The zero-order valence-electron chi connectivity index (χ0n) is 17.7. The van der Waals surface area contributed by atoms with E-state index < -0.39 is 0 Å². The molecule has 6 nitrogen and oxygen atoms in total. The van der Waals surface area contributed by atoms with Crippen molar-refractivity contribution < 1.29 is 19.0 Å². The van der Waals surface area contributed by atoms with Crippen LogP contribution in [-0.2, 0) is 27.1 Å². The lowest BCUT2D eigenvalue weighted by Crippen LogP contribution is -2.38. The van der Waals surface area contributed by atoms with Gasteiger partial charge in [-0.15, -0.1) is 0 Å². The van der Waals surface area contributed by atoms with Gasteiger partial charge in [0.15, 0.2) is 6.29 Å². The number of hydrogen-bond acceptors (Lipinski definition) is 5. The standard InChI is InChI=1S/C23H32N2O4/c1-4-17-15-16(22-28-13-14-29-22)9-10-21-19(11-12-24(17)2)18-7-5-6-8-20(18)25(21)23(26)27-3/h5-8,16-17,22H,4,9-15H2,1-3H3/t16-,17+/m1/s1. The molecule has 158 valence electrons. The number of para-hydroxylation sites is 1. The molecule has 3 heterocycles. The normalized spacial score (nSPS) is 24.5. The van der Waals surface area contributed by atoms with Crippen molar-refractivity contribution in [1.82, 2.24) is 9.47 Å². The summed E-state index contributed by atoms with van der Waals surface area (Å²) in [6.45, 7) is 4.55. The predicted octanol–water partition coefficient (Wildman–Crippen LogP) is 3.83. The first kappa shape index (κ1) is 20.4. The van der Waals surface area contributed by atoms with E-state index in [0.717, 1.165) is 55.2 Å². The molecule has 1 aromatic carbocycles. The Kier molecular flexibility index (Phi) is 6.23. The number of carbonyl (C=O) groups is 1. The number of fused-ring (bicyclic) bond motifs is 3. The van der Waals surface area contributed by atoms with Crippen LogP contribution >= 0.6 is 0 Å². The van der Waals surface area contributed by atoms with Gasteiger partial charge < -0.3 is 19.1 Å². The zero-order chi connectivity index (χ0) is 20.4. The Hall–Kier alpha value is -1.89. The Morgan fingerprint density at radius 3 is 2.69 bits per heavy atom. The maximum absolute atomic E-state index is 12.7. The summed E-state index contributed by atoms with van der Waals surface area (Å²) >= 11 is 0. The Morgan fingerprint density at radius 2 is 1.97 bits per heavy atom. The van der Waals surface area contributed by atoms with Crippen LogP contribution in [0.25, 0.3) is 10.9 Å². The third kappa shape index (κ3) is 3.93. The molecule has 0 bridgehead atoms. The van der Waals surface area contributed by atoms with Crippen LogP contribution < -0.4 is 0 Å². The van der Waals surface area contributed by atoms with Crippen LogP contribution in [0.15, 0.2) is 24.3 Å². The van der Waals surface area contributed by atoms with E-state index in [2.05, 4.69) is 24.9 Å². The summed E-state index contributed by atoms with van der Waals surface area (Å²) in [5, 5.41) is 1.15. The second kappa shape index (κ2) is 8.86. The molecule has 0 N–H and O–H groups in total. The van der Waals surface area contributed by atoms with Gasteiger partial charge in [0.2, 0.25) is 0 Å². The van der Waals surface area contributed by atoms with Crippen molar-refractivity contribution in [2.45, 2.75) is 51.4 Å². The minimum Gasteiger partial charge on any atom is -0.452 e. The molecule has 0 spiro atoms. The number of carbonyl (C=O) groups excluding carboxylic acids is 1. The summed E-state index contributed by atoms with van der Waals surface area (Å²) in [6, 6.07) is 8.67. The van der Waals surface area contributed by atoms with Gasteiger partial charge in [0.05, 0.1) is 25.8 Å². The van der Waals surface area contributed by atoms with Crippen LogP contribution in [0.3, 0.4) is 0 Å². The van der Waals surface area contributed by atoms with Gasteiger partial charge in [-0.1, -0.05) is 25.1 Å². The predicted molar refractivity (Wildman–Crippen MR) is 112 cm³/mol. The summed E-state index contributed by atoms with van der Waals surface area (Å²) in [5.41, 5.74) is 3.27. The molecular weight excluding hydrogens is 368 g/mol. The van der Waals surface area contributed by atoms with Crippen LogP contribution in [0.4, 0.5) is 4.79 Å². The molecule has 0 aliphatic carbocycles. The van der Waals surface area contributed by atoms with E-state index in [1.165, 1.54) is 12.7 Å². The maximum atomic E-state index is 12.7. The average Bonchev–Trinajstić information content (AvgIpc) is 3.38. The number of hydrogen-bond donors (Lipinski definition) is 0. The van der Waals surface area contributed by atoms with E-state index in [9.17, 15) is 4.79 Å². The first-order chi connectivity index (χ1) is 14.1. The second-order valence-electron chi connectivity index (χ2n) is 8.18. The van der Waals surface area contributed by atoms with Crippen LogP contribution in [0, 0.1) is 5.92 Å². The molecule has 0 unspecified atom stereocenters. The molecule has 2 atom stereocenters. The van der Waals surface area contributed by atoms with Gasteiger partial charge in [0, 0.05) is 29.6 Å². The van der Waals surface area contributed by atoms with Crippen molar-refractivity contribution in [2.75, 3.05) is 33.9 Å². The van der Waals surface area contributed by atoms with Gasteiger partial charge in [0.1, 0.15) is 0 Å². The molecule has 2 aliphatic heterocycles. The van der Waals surface area contributed by atoms with Gasteiger partial charge in [-0.05, 0) is 50.8 Å². The van der Waals surface area contributed by atoms with Crippen molar-refractivity contribution in [3.63, 3.8) is 0 Å². The zero-order valence-corrected chi connectivity index (χ0v) is 17.7. The van der Waals surface area contributed by atoms with E-state index >= 15 is 0 Å². The largest absolute Gasteiger partial charge is 0.452 e. The Balaban J connectivity index is 1.77. The second-order valence-corrected chi connectivity index (χ2v) is 8.18. The molecule has 0 amide bonds. The number of methoxy groups -OCH3 is 1. The molecule has 2 aliphatic rings. The minimum absolute atomic E-state index is 0.142. The quantitative estimate of drug-likeness (QED) is 0.767. The van der Waals surface area contributed by atoms with E-state index in [4.69, 9.17) is 14.2 Å². The van der Waals surface area contributed by atoms with Crippen LogP contribution in [-0.4, -0.2) is 61.8 Å². The Labute approximate surface area is 172 Å². The van der Waals surface area contributed by atoms with Crippen molar-refractivity contribution >= 4 is 17.0 Å². The van der Waals surface area contributed by atoms with Crippen LogP contribution in [0.5, 0.6) is 0 Å². The number of nitrogens with zero attached hydrogens (tertiary/aromatic N) is 2. The van der Waals surface area contributed by atoms with E-state index in [1.54, 1.807) is 4.57 Å². The Bertz CT molecular complexity index is 856. The van der Waals surface area contributed by atoms with Crippen molar-refractivity contribution in [3.05, 3.63) is 35.5 Å². The number of likely N-dealkylation sites (N-methyl/N-ethyl adjacent to an activating group) is 1. The van der Waals surface area contributed by atoms with E-state index in [-0.39, 0.29) is 12.4 Å². The lowest BCUT2D eigenvalue weighted by atomic mass is 9.89. The first-order valence-electron chi connectivity index (χ1n) is 10.8. The van der Waals surface area contributed by atoms with Gasteiger partial charge in [-0.2, -0.15) is 0 Å². The molecular formula is C23H32N2O4. The third-order valence-electron chi connectivity index (χ3n) is 6.61. The highest BCUT2D eigenvalue weighted by molar-refractivity contribution is 5.93. The van der Waals surface area contributed by atoms with Crippen molar-refractivity contribution in [2.24, 2.45) is 5.92 Å². The number of benzene rings is 1.